The van der Waals surface area contributed by atoms with Gasteiger partial charge in [0.2, 0.25) is 5.91 Å². The van der Waals surface area contributed by atoms with Crippen molar-refractivity contribution >= 4 is 17.4 Å². The van der Waals surface area contributed by atoms with Gasteiger partial charge < -0.3 is 10.2 Å². The summed E-state index contributed by atoms with van der Waals surface area (Å²) in [6, 6.07) is 7.44. The molecule has 2 rings (SSSR count). The van der Waals surface area contributed by atoms with E-state index in [1.807, 2.05) is 23.1 Å². The summed E-state index contributed by atoms with van der Waals surface area (Å²) in [4.78, 5) is 24.9. The van der Waals surface area contributed by atoms with E-state index in [4.69, 9.17) is 5.26 Å². The van der Waals surface area contributed by atoms with Gasteiger partial charge in [0.25, 0.3) is 0 Å². The summed E-state index contributed by atoms with van der Waals surface area (Å²) >= 11 is 0. The molecule has 1 aliphatic heterocycles. The van der Waals surface area contributed by atoms with Crippen molar-refractivity contribution in [2.24, 2.45) is 0 Å². The average molecular weight is 257 g/mol. The first-order valence-corrected chi connectivity index (χ1v) is 6.14. The molecule has 0 aliphatic carbocycles. The summed E-state index contributed by atoms with van der Waals surface area (Å²) in [5.41, 5.74) is 2.80. The van der Waals surface area contributed by atoms with Crippen LogP contribution in [0.2, 0.25) is 0 Å². The monoisotopic (exact) mass is 257 g/mol. The molecule has 0 spiro atoms. The first kappa shape index (κ1) is 13.1. The quantitative estimate of drug-likeness (QED) is 0.642. The minimum Gasteiger partial charge on any atom is -0.362 e. The Hall–Kier alpha value is -2.35. The highest BCUT2D eigenvalue weighted by atomic mass is 16.2. The summed E-state index contributed by atoms with van der Waals surface area (Å²) in [6.45, 7) is 2.58. The van der Waals surface area contributed by atoms with Gasteiger partial charge in [0.1, 0.15) is 6.54 Å². The lowest BCUT2D eigenvalue weighted by Gasteiger charge is -2.18. The number of fused-ring (bicyclic) bond motifs is 1. The molecule has 5 heteroatoms. The lowest BCUT2D eigenvalue weighted by Crippen LogP contribution is -2.36. The summed E-state index contributed by atoms with van der Waals surface area (Å²) < 4.78 is 0. The number of amides is 1. The molecule has 98 valence electrons. The topological polar surface area (TPSA) is 73.2 Å². The molecular weight excluding hydrogens is 242 g/mol. The number of nitrogens with one attached hydrogen (secondary N) is 1. The zero-order valence-electron chi connectivity index (χ0n) is 10.8. The fourth-order valence-electron chi connectivity index (χ4n) is 2.22. The van der Waals surface area contributed by atoms with Gasteiger partial charge in [0, 0.05) is 17.8 Å². The zero-order valence-corrected chi connectivity index (χ0v) is 10.8. The van der Waals surface area contributed by atoms with Gasteiger partial charge in [-0.2, -0.15) is 5.26 Å². The van der Waals surface area contributed by atoms with Gasteiger partial charge in [-0.15, -0.1) is 0 Å². The maximum Gasteiger partial charge on any atom is 0.240 e. The normalized spacial score (nSPS) is 12.7. The van der Waals surface area contributed by atoms with Crippen molar-refractivity contribution in [2.75, 3.05) is 24.5 Å². The second-order valence-electron chi connectivity index (χ2n) is 4.51. The van der Waals surface area contributed by atoms with E-state index < -0.39 is 0 Å². The molecule has 1 aromatic carbocycles. The van der Waals surface area contributed by atoms with Gasteiger partial charge in [-0.3, -0.25) is 9.59 Å². The number of benzene rings is 1. The van der Waals surface area contributed by atoms with Gasteiger partial charge in [0.15, 0.2) is 5.78 Å². The molecule has 0 aromatic heterocycles. The van der Waals surface area contributed by atoms with Crippen LogP contribution in [0.5, 0.6) is 0 Å². The van der Waals surface area contributed by atoms with Crippen LogP contribution < -0.4 is 10.2 Å². The van der Waals surface area contributed by atoms with Crippen LogP contribution in [0, 0.1) is 11.3 Å². The molecule has 1 aromatic rings. The first-order chi connectivity index (χ1) is 9.11. The number of ketones is 1. The standard InChI is InChI=1S/C14H15N3O2/c1-10(18)11-2-3-13-12(8-11)4-7-17(13)9-14(19)16-6-5-15/h2-3,8H,4,6-7,9H2,1H3,(H,16,19). The fraction of sp³-hybridized carbons (Fsp3) is 0.357. The van der Waals surface area contributed by atoms with Crippen LogP contribution >= 0.6 is 0 Å². The Morgan fingerprint density at radius 1 is 1.47 bits per heavy atom. The van der Waals surface area contributed by atoms with Gasteiger partial charge >= 0.3 is 0 Å². The van der Waals surface area contributed by atoms with Crippen molar-refractivity contribution in [3.05, 3.63) is 29.3 Å². The Morgan fingerprint density at radius 3 is 2.95 bits per heavy atom. The molecule has 0 radical (unpaired) electrons. The van der Waals surface area contributed by atoms with Crippen molar-refractivity contribution in [1.29, 1.82) is 5.26 Å². The fourth-order valence-corrected chi connectivity index (χ4v) is 2.22. The smallest absolute Gasteiger partial charge is 0.240 e. The maximum absolute atomic E-state index is 11.6. The molecular formula is C14H15N3O2. The van der Waals surface area contributed by atoms with Gasteiger partial charge in [0.05, 0.1) is 12.6 Å². The lowest BCUT2D eigenvalue weighted by molar-refractivity contribution is -0.119. The molecule has 0 saturated heterocycles. The number of hydrogen-bond donors (Lipinski definition) is 1. The van der Waals surface area contributed by atoms with Crippen LogP contribution in [-0.2, 0) is 11.2 Å². The molecule has 5 nitrogen and oxygen atoms in total. The molecule has 0 atom stereocenters. The van der Waals surface area contributed by atoms with E-state index in [-0.39, 0.29) is 24.8 Å². The summed E-state index contributed by atoms with van der Waals surface area (Å²) in [7, 11) is 0. The van der Waals surface area contributed by atoms with E-state index >= 15 is 0 Å². The Labute approximate surface area is 111 Å². The first-order valence-electron chi connectivity index (χ1n) is 6.14. The summed E-state index contributed by atoms with van der Waals surface area (Å²) in [5, 5.41) is 10.9. The van der Waals surface area contributed by atoms with E-state index in [9.17, 15) is 9.59 Å². The van der Waals surface area contributed by atoms with Crippen molar-refractivity contribution in [3.63, 3.8) is 0 Å². The zero-order chi connectivity index (χ0) is 13.8. The Balaban J connectivity index is 2.08. The van der Waals surface area contributed by atoms with Crippen LogP contribution in [0.3, 0.4) is 0 Å². The molecule has 1 heterocycles. The van der Waals surface area contributed by atoms with E-state index in [0.717, 1.165) is 24.2 Å². The maximum atomic E-state index is 11.6. The van der Waals surface area contributed by atoms with Crippen LogP contribution in [0.1, 0.15) is 22.8 Å². The van der Waals surface area contributed by atoms with Crippen molar-refractivity contribution in [3.8, 4) is 6.07 Å². The molecule has 19 heavy (non-hydrogen) atoms. The predicted molar refractivity (Wildman–Crippen MR) is 71.0 cm³/mol. The predicted octanol–water partition coefficient (Wildman–Crippen LogP) is 0.891. The molecule has 1 aliphatic rings. The van der Waals surface area contributed by atoms with Gasteiger partial charge in [-0.25, -0.2) is 0 Å². The molecule has 1 N–H and O–H groups in total. The second-order valence-corrected chi connectivity index (χ2v) is 4.51. The molecule has 1 amide bonds. The molecule has 0 fully saturated rings. The number of nitrogens with zero attached hydrogens (tertiary/aromatic N) is 2. The van der Waals surface area contributed by atoms with E-state index in [2.05, 4.69) is 5.32 Å². The van der Waals surface area contributed by atoms with Crippen molar-refractivity contribution in [1.82, 2.24) is 5.32 Å². The highest BCUT2D eigenvalue weighted by molar-refractivity contribution is 5.95. The number of hydrogen-bond acceptors (Lipinski definition) is 4. The minimum atomic E-state index is -0.162. The van der Waals surface area contributed by atoms with E-state index in [0.29, 0.717) is 5.56 Å². The minimum absolute atomic E-state index is 0.0306. The Morgan fingerprint density at radius 2 is 2.26 bits per heavy atom. The number of Topliss-reactive ketones (excluding diaryl/α,β-unsaturated/α-hetero) is 1. The third kappa shape index (κ3) is 2.91. The number of nitriles is 1. The average Bonchev–Trinajstić information content (AvgIpc) is 2.78. The largest absolute Gasteiger partial charge is 0.362 e. The van der Waals surface area contributed by atoms with Crippen LogP contribution in [0.4, 0.5) is 5.69 Å². The molecule has 0 unspecified atom stereocenters. The van der Waals surface area contributed by atoms with E-state index in [1.165, 1.54) is 0 Å². The highest BCUT2D eigenvalue weighted by Crippen LogP contribution is 2.28. The number of carbonyl (C=O) groups excluding carboxylic acids is 2. The number of anilines is 1. The van der Waals surface area contributed by atoms with Crippen molar-refractivity contribution < 1.29 is 9.59 Å². The molecule has 0 saturated carbocycles. The summed E-state index contributed by atoms with van der Waals surface area (Å²) in [5.74, 6) is -0.113. The highest BCUT2D eigenvalue weighted by Gasteiger charge is 2.21. The Bertz CT molecular complexity index is 560. The van der Waals surface area contributed by atoms with Crippen molar-refractivity contribution in [2.45, 2.75) is 13.3 Å². The second kappa shape index (κ2) is 5.53. The number of rotatable bonds is 4. The lowest BCUT2D eigenvalue weighted by atomic mass is 10.1. The van der Waals surface area contributed by atoms with Gasteiger partial charge in [-0.05, 0) is 37.1 Å². The summed E-state index contributed by atoms with van der Waals surface area (Å²) in [6.07, 6.45) is 0.835. The van der Waals surface area contributed by atoms with Gasteiger partial charge in [-0.1, -0.05) is 0 Å². The molecule has 0 bridgehead atoms. The van der Waals surface area contributed by atoms with E-state index in [1.54, 1.807) is 13.0 Å². The SMILES string of the molecule is CC(=O)c1ccc2c(c1)CCN2CC(=O)NCC#N. The third-order valence-electron chi connectivity index (χ3n) is 3.18. The third-order valence-corrected chi connectivity index (χ3v) is 3.18. The van der Waals surface area contributed by atoms with Crippen LogP contribution in [-0.4, -0.2) is 31.3 Å². The Kier molecular flexibility index (Phi) is 3.81. The van der Waals surface area contributed by atoms with Crippen LogP contribution in [0.15, 0.2) is 18.2 Å². The number of carbonyl (C=O) groups is 2. The van der Waals surface area contributed by atoms with Crippen LogP contribution in [0.25, 0.3) is 0 Å².